The molecule has 0 fully saturated rings. The number of sulfonamides is 1. The van der Waals surface area contributed by atoms with Gasteiger partial charge in [0.25, 0.3) is 0 Å². The zero-order valence-corrected chi connectivity index (χ0v) is 11.9. The molecule has 0 amide bonds. The van der Waals surface area contributed by atoms with E-state index in [9.17, 15) is 21.6 Å². The number of rotatable bonds is 5. The van der Waals surface area contributed by atoms with E-state index in [-0.39, 0.29) is 0 Å². The smallest absolute Gasteiger partial charge is 0.394 e. The van der Waals surface area contributed by atoms with Crippen LogP contribution in [0.5, 0.6) is 0 Å². The largest absolute Gasteiger partial charge is 0.416 e. The maximum absolute atomic E-state index is 12.5. The standard InChI is InChI=1S/C10H11ClF3N3O3S/c11-6-3-5(10(12,13)14)1-2-8(6)21(19,20)17-7(4-18)9(15)16/h1-3,7,17-18H,4H2,(H3,15,16). The van der Waals surface area contributed by atoms with Crippen molar-refractivity contribution in [3.05, 3.63) is 28.8 Å². The van der Waals surface area contributed by atoms with Crippen molar-refractivity contribution < 1.29 is 26.7 Å². The number of amidine groups is 1. The monoisotopic (exact) mass is 345 g/mol. The topological polar surface area (TPSA) is 116 Å². The molecule has 1 aromatic rings. The third-order valence-electron chi connectivity index (χ3n) is 2.40. The fourth-order valence-electron chi connectivity index (χ4n) is 1.34. The van der Waals surface area contributed by atoms with Gasteiger partial charge in [0, 0.05) is 0 Å². The zero-order chi connectivity index (χ0) is 16.4. The van der Waals surface area contributed by atoms with Crippen molar-refractivity contribution in [1.82, 2.24) is 4.72 Å². The van der Waals surface area contributed by atoms with Crippen molar-refractivity contribution in [2.24, 2.45) is 5.73 Å². The molecule has 0 aliphatic carbocycles. The summed E-state index contributed by atoms with van der Waals surface area (Å²) in [4.78, 5) is -0.614. The van der Waals surface area contributed by atoms with Gasteiger partial charge in [-0.1, -0.05) is 11.6 Å². The van der Waals surface area contributed by atoms with Crippen LogP contribution in [0.3, 0.4) is 0 Å². The summed E-state index contributed by atoms with van der Waals surface area (Å²) >= 11 is 5.56. The van der Waals surface area contributed by atoms with Crippen LogP contribution >= 0.6 is 11.6 Å². The average Bonchev–Trinajstić information content (AvgIpc) is 2.34. The maximum atomic E-state index is 12.5. The molecule has 0 saturated carbocycles. The number of halogens is 4. The number of hydrogen-bond acceptors (Lipinski definition) is 4. The Labute approximate surface area is 123 Å². The van der Waals surface area contributed by atoms with Crippen LogP contribution in [0.4, 0.5) is 13.2 Å². The van der Waals surface area contributed by atoms with Crippen LogP contribution in [-0.4, -0.2) is 32.0 Å². The number of alkyl halides is 3. The van der Waals surface area contributed by atoms with Gasteiger partial charge in [-0.15, -0.1) is 0 Å². The molecule has 0 bridgehead atoms. The summed E-state index contributed by atoms with van der Waals surface area (Å²) in [6.45, 7) is -0.785. The van der Waals surface area contributed by atoms with Crippen molar-refractivity contribution in [2.75, 3.05) is 6.61 Å². The number of aliphatic hydroxyl groups is 1. The lowest BCUT2D eigenvalue weighted by molar-refractivity contribution is -0.137. The lowest BCUT2D eigenvalue weighted by Gasteiger charge is -2.16. The minimum atomic E-state index is -4.66. The SMILES string of the molecule is N=C(N)C(CO)NS(=O)(=O)c1ccc(C(F)(F)F)cc1Cl. The van der Waals surface area contributed by atoms with Gasteiger partial charge in [0.1, 0.15) is 16.8 Å². The molecule has 118 valence electrons. The number of nitrogens with two attached hydrogens (primary N) is 1. The Balaban J connectivity index is 3.18. The van der Waals surface area contributed by atoms with E-state index < -0.39 is 50.2 Å². The van der Waals surface area contributed by atoms with Crippen LogP contribution in [0.2, 0.25) is 5.02 Å². The third-order valence-corrected chi connectivity index (χ3v) is 4.36. The predicted octanol–water partition coefficient (Wildman–Crippen LogP) is 0.934. The molecule has 0 radical (unpaired) electrons. The molecule has 0 aliphatic heterocycles. The fraction of sp³-hybridized carbons (Fsp3) is 0.300. The molecular weight excluding hydrogens is 335 g/mol. The van der Waals surface area contributed by atoms with Crippen LogP contribution in [-0.2, 0) is 16.2 Å². The molecule has 1 unspecified atom stereocenters. The molecule has 11 heteroatoms. The van der Waals surface area contributed by atoms with E-state index in [4.69, 9.17) is 27.9 Å². The third kappa shape index (κ3) is 4.30. The number of hydrogen-bond donors (Lipinski definition) is 4. The van der Waals surface area contributed by atoms with Crippen molar-refractivity contribution in [3.63, 3.8) is 0 Å². The van der Waals surface area contributed by atoms with Crippen LogP contribution < -0.4 is 10.5 Å². The quantitative estimate of drug-likeness (QED) is 0.469. The summed E-state index contributed by atoms with van der Waals surface area (Å²) in [5.74, 6) is -0.649. The van der Waals surface area contributed by atoms with E-state index in [0.717, 1.165) is 0 Å². The highest BCUT2D eigenvalue weighted by Crippen LogP contribution is 2.33. The second kappa shape index (κ2) is 6.18. The Morgan fingerprint density at radius 1 is 1.48 bits per heavy atom. The molecule has 0 aromatic heterocycles. The number of nitrogens with one attached hydrogen (secondary N) is 2. The van der Waals surface area contributed by atoms with Gasteiger partial charge in [-0.05, 0) is 18.2 Å². The van der Waals surface area contributed by atoms with Gasteiger partial charge < -0.3 is 10.8 Å². The molecule has 5 N–H and O–H groups in total. The fourth-order valence-corrected chi connectivity index (χ4v) is 3.10. The summed E-state index contributed by atoms with van der Waals surface area (Å²) in [6, 6.07) is 0.315. The normalized spacial score (nSPS) is 14.0. The molecule has 21 heavy (non-hydrogen) atoms. The van der Waals surface area contributed by atoms with Crippen molar-refractivity contribution in [3.8, 4) is 0 Å². The van der Waals surface area contributed by atoms with E-state index in [2.05, 4.69) is 0 Å². The molecule has 0 aliphatic rings. The lowest BCUT2D eigenvalue weighted by atomic mass is 10.2. The Morgan fingerprint density at radius 2 is 2.05 bits per heavy atom. The summed E-state index contributed by atoms with van der Waals surface area (Å²) < 4.78 is 63.2. The van der Waals surface area contributed by atoms with Gasteiger partial charge in [-0.3, -0.25) is 5.41 Å². The molecule has 6 nitrogen and oxygen atoms in total. The van der Waals surface area contributed by atoms with Gasteiger partial charge >= 0.3 is 6.18 Å². The van der Waals surface area contributed by atoms with Crippen LogP contribution in [0.1, 0.15) is 5.56 Å². The second-order valence-electron chi connectivity index (χ2n) is 3.95. The van der Waals surface area contributed by atoms with Crippen LogP contribution in [0, 0.1) is 5.41 Å². The number of aliphatic hydroxyl groups excluding tert-OH is 1. The van der Waals surface area contributed by atoms with Crippen molar-refractivity contribution in [1.29, 1.82) is 5.41 Å². The van der Waals surface area contributed by atoms with E-state index in [0.29, 0.717) is 18.2 Å². The van der Waals surface area contributed by atoms with Crippen molar-refractivity contribution >= 4 is 27.5 Å². The zero-order valence-electron chi connectivity index (χ0n) is 10.3. The first kappa shape index (κ1) is 17.7. The minimum Gasteiger partial charge on any atom is -0.394 e. The Kier molecular flexibility index (Phi) is 5.20. The van der Waals surface area contributed by atoms with E-state index in [1.807, 2.05) is 4.72 Å². The van der Waals surface area contributed by atoms with E-state index in [1.54, 1.807) is 0 Å². The van der Waals surface area contributed by atoms with E-state index in [1.165, 1.54) is 0 Å². The van der Waals surface area contributed by atoms with Gasteiger partial charge in [-0.2, -0.15) is 17.9 Å². The molecule has 0 saturated heterocycles. The molecule has 0 heterocycles. The molecule has 1 atom stereocenters. The minimum absolute atomic E-state index is 0.470. The Morgan fingerprint density at radius 3 is 2.43 bits per heavy atom. The lowest BCUT2D eigenvalue weighted by Crippen LogP contribution is -2.46. The average molecular weight is 346 g/mol. The summed E-state index contributed by atoms with van der Waals surface area (Å²) in [6.07, 6.45) is -4.66. The molecule has 0 spiro atoms. The van der Waals surface area contributed by atoms with Crippen molar-refractivity contribution in [2.45, 2.75) is 17.1 Å². The highest BCUT2D eigenvalue weighted by molar-refractivity contribution is 7.89. The summed E-state index contributed by atoms with van der Waals surface area (Å²) in [5.41, 5.74) is 3.97. The number of benzene rings is 1. The van der Waals surface area contributed by atoms with Crippen LogP contribution in [0.15, 0.2) is 23.1 Å². The highest BCUT2D eigenvalue weighted by atomic mass is 35.5. The molecule has 1 rings (SSSR count). The second-order valence-corrected chi connectivity index (χ2v) is 6.04. The Hall–Kier alpha value is -1.36. The van der Waals surface area contributed by atoms with Gasteiger partial charge in [0.05, 0.1) is 17.2 Å². The van der Waals surface area contributed by atoms with E-state index >= 15 is 0 Å². The summed E-state index contributed by atoms with van der Waals surface area (Å²) in [7, 11) is -4.34. The first-order valence-corrected chi connectivity index (χ1v) is 7.19. The first-order valence-electron chi connectivity index (χ1n) is 5.33. The van der Waals surface area contributed by atoms with Gasteiger partial charge in [-0.25, -0.2) is 8.42 Å². The highest BCUT2D eigenvalue weighted by Gasteiger charge is 2.32. The van der Waals surface area contributed by atoms with Crippen LogP contribution in [0.25, 0.3) is 0 Å². The molecular formula is C10H11ClF3N3O3S. The summed E-state index contributed by atoms with van der Waals surface area (Å²) in [5, 5.41) is 15.3. The first-order chi connectivity index (χ1) is 9.49. The Bertz CT molecular complexity index is 649. The maximum Gasteiger partial charge on any atom is 0.416 e. The predicted molar refractivity (Wildman–Crippen MR) is 69.6 cm³/mol. The van der Waals surface area contributed by atoms with Gasteiger partial charge in [0.2, 0.25) is 10.0 Å². The molecule has 1 aromatic carbocycles. The van der Waals surface area contributed by atoms with Gasteiger partial charge in [0.15, 0.2) is 0 Å².